The van der Waals surface area contributed by atoms with Crippen LogP contribution in [0.1, 0.15) is 30.5 Å². The summed E-state index contributed by atoms with van der Waals surface area (Å²) in [6, 6.07) is 3.62. The molecule has 0 unspecified atom stereocenters. The second kappa shape index (κ2) is 8.42. The van der Waals surface area contributed by atoms with Gasteiger partial charge in [-0.25, -0.2) is 4.98 Å². The Bertz CT molecular complexity index is 814. The molecular weight excluding hydrogens is 348 g/mol. The van der Waals surface area contributed by atoms with Crippen LogP contribution in [-0.4, -0.2) is 29.4 Å². The van der Waals surface area contributed by atoms with Crippen molar-refractivity contribution in [2.24, 2.45) is 11.7 Å². The highest BCUT2D eigenvalue weighted by molar-refractivity contribution is 7.14. The van der Waals surface area contributed by atoms with Crippen molar-refractivity contribution in [2.45, 2.75) is 40.7 Å². The van der Waals surface area contributed by atoms with Gasteiger partial charge in [0, 0.05) is 10.9 Å². The summed E-state index contributed by atoms with van der Waals surface area (Å²) in [5, 5.41) is 7.68. The lowest BCUT2D eigenvalue weighted by Crippen LogP contribution is -2.46. The third kappa shape index (κ3) is 4.89. The van der Waals surface area contributed by atoms with Crippen molar-refractivity contribution in [1.82, 2.24) is 10.3 Å². The fourth-order valence-corrected chi connectivity index (χ4v) is 3.17. The van der Waals surface area contributed by atoms with E-state index in [0.29, 0.717) is 5.13 Å². The number of aryl methyl sites for hydroxylation is 3. The Labute approximate surface area is 158 Å². The third-order valence-corrected chi connectivity index (χ3v) is 5.07. The summed E-state index contributed by atoms with van der Waals surface area (Å²) in [6.45, 7) is 9.78. The SMILES string of the molecule is Cc1cc(C)c(-c2csc(NC(=O)CNC(=O)[C@@H](N)C(C)C)n2)cc1C. The Morgan fingerprint density at radius 2 is 1.81 bits per heavy atom. The van der Waals surface area contributed by atoms with Gasteiger partial charge in [-0.1, -0.05) is 19.9 Å². The van der Waals surface area contributed by atoms with Crippen molar-refractivity contribution < 1.29 is 9.59 Å². The number of hydrogen-bond acceptors (Lipinski definition) is 5. The molecule has 2 aromatic rings. The molecule has 1 aromatic heterocycles. The summed E-state index contributed by atoms with van der Waals surface area (Å²) in [7, 11) is 0. The summed E-state index contributed by atoms with van der Waals surface area (Å²) in [4.78, 5) is 28.3. The minimum absolute atomic E-state index is 0.0146. The molecule has 6 nitrogen and oxygen atoms in total. The fourth-order valence-electron chi connectivity index (χ4n) is 2.44. The molecule has 0 saturated heterocycles. The van der Waals surface area contributed by atoms with Crippen LogP contribution in [0.25, 0.3) is 11.3 Å². The van der Waals surface area contributed by atoms with E-state index in [1.165, 1.54) is 22.5 Å². The van der Waals surface area contributed by atoms with Gasteiger partial charge in [0.15, 0.2) is 5.13 Å². The average Bonchev–Trinajstić information content (AvgIpc) is 3.03. The van der Waals surface area contributed by atoms with Crippen molar-refractivity contribution in [1.29, 1.82) is 0 Å². The zero-order valence-electron chi connectivity index (χ0n) is 15.8. The zero-order chi connectivity index (χ0) is 19.4. The number of amides is 2. The molecule has 0 fully saturated rings. The highest BCUT2D eigenvalue weighted by Gasteiger charge is 2.18. The molecule has 1 aromatic carbocycles. The van der Waals surface area contributed by atoms with Crippen LogP contribution in [0, 0.1) is 26.7 Å². The number of hydrogen-bond donors (Lipinski definition) is 3. The standard InChI is InChI=1S/C19H26N4O2S/c1-10(2)17(20)18(25)21-8-16(24)23-19-22-15(9-26-19)14-7-12(4)11(3)6-13(14)5/h6-7,9-10,17H,8,20H2,1-5H3,(H,21,25)(H,22,23,24)/t17-/m0/s1. The summed E-state index contributed by atoms with van der Waals surface area (Å²) < 4.78 is 0. The zero-order valence-corrected chi connectivity index (χ0v) is 16.7. The van der Waals surface area contributed by atoms with Crippen molar-refractivity contribution in [3.05, 3.63) is 34.2 Å². The van der Waals surface area contributed by atoms with Crippen LogP contribution in [0.3, 0.4) is 0 Å². The second-order valence-electron chi connectivity index (χ2n) is 6.83. The van der Waals surface area contributed by atoms with Gasteiger partial charge in [0.05, 0.1) is 18.3 Å². The van der Waals surface area contributed by atoms with Crippen LogP contribution in [-0.2, 0) is 9.59 Å². The maximum atomic E-state index is 12.0. The molecule has 1 heterocycles. The number of nitrogens with two attached hydrogens (primary N) is 1. The molecule has 0 aliphatic carbocycles. The smallest absolute Gasteiger partial charge is 0.245 e. The number of carbonyl (C=O) groups is 2. The van der Waals surface area contributed by atoms with Gasteiger partial charge in [0.25, 0.3) is 0 Å². The van der Waals surface area contributed by atoms with Crippen molar-refractivity contribution in [3.63, 3.8) is 0 Å². The van der Waals surface area contributed by atoms with Gasteiger partial charge in [-0.05, 0) is 49.4 Å². The Morgan fingerprint density at radius 3 is 2.46 bits per heavy atom. The highest BCUT2D eigenvalue weighted by atomic mass is 32.1. The van der Waals surface area contributed by atoms with Gasteiger partial charge in [-0.2, -0.15) is 0 Å². The molecule has 0 spiro atoms. The van der Waals surface area contributed by atoms with Crippen LogP contribution in [0.5, 0.6) is 0 Å². The third-order valence-electron chi connectivity index (χ3n) is 4.31. The molecule has 0 aliphatic rings. The van der Waals surface area contributed by atoms with Crippen LogP contribution in [0.4, 0.5) is 5.13 Å². The van der Waals surface area contributed by atoms with Gasteiger partial charge in [0.2, 0.25) is 11.8 Å². The molecule has 1 atom stereocenters. The van der Waals surface area contributed by atoms with Crippen molar-refractivity contribution in [2.75, 3.05) is 11.9 Å². The van der Waals surface area contributed by atoms with E-state index in [4.69, 9.17) is 5.73 Å². The van der Waals surface area contributed by atoms with Crippen molar-refractivity contribution >= 4 is 28.3 Å². The Kier molecular flexibility index (Phi) is 6.50. The van der Waals surface area contributed by atoms with Gasteiger partial charge < -0.3 is 16.4 Å². The van der Waals surface area contributed by atoms with Crippen LogP contribution in [0.15, 0.2) is 17.5 Å². The number of aromatic nitrogens is 1. The Hall–Kier alpha value is -2.25. The predicted molar refractivity (Wildman–Crippen MR) is 106 cm³/mol. The predicted octanol–water partition coefficient (Wildman–Crippen LogP) is 2.77. The molecular formula is C19H26N4O2S. The van der Waals surface area contributed by atoms with E-state index in [2.05, 4.69) is 41.6 Å². The number of rotatable bonds is 6. The lowest BCUT2D eigenvalue weighted by molar-refractivity contribution is -0.125. The molecule has 0 radical (unpaired) electrons. The van der Waals surface area contributed by atoms with Crippen LogP contribution >= 0.6 is 11.3 Å². The number of nitrogens with zero attached hydrogens (tertiary/aromatic N) is 1. The van der Waals surface area contributed by atoms with E-state index < -0.39 is 6.04 Å². The van der Waals surface area contributed by atoms with E-state index >= 15 is 0 Å². The first-order valence-electron chi connectivity index (χ1n) is 8.56. The van der Waals surface area contributed by atoms with E-state index in [-0.39, 0.29) is 24.3 Å². The maximum absolute atomic E-state index is 12.0. The van der Waals surface area contributed by atoms with Crippen LogP contribution in [0.2, 0.25) is 0 Å². The molecule has 0 aliphatic heterocycles. The van der Waals surface area contributed by atoms with Gasteiger partial charge in [-0.3, -0.25) is 9.59 Å². The first-order chi connectivity index (χ1) is 12.2. The quantitative estimate of drug-likeness (QED) is 0.724. The average molecular weight is 375 g/mol. The highest BCUT2D eigenvalue weighted by Crippen LogP contribution is 2.29. The largest absolute Gasteiger partial charge is 0.346 e. The molecule has 2 amide bonds. The monoisotopic (exact) mass is 374 g/mol. The Morgan fingerprint density at radius 1 is 1.15 bits per heavy atom. The lowest BCUT2D eigenvalue weighted by atomic mass is 9.99. The minimum Gasteiger partial charge on any atom is -0.346 e. The lowest BCUT2D eigenvalue weighted by Gasteiger charge is -2.14. The van der Waals surface area contributed by atoms with E-state index in [0.717, 1.165) is 16.8 Å². The van der Waals surface area contributed by atoms with Crippen molar-refractivity contribution in [3.8, 4) is 11.3 Å². The van der Waals surface area contributed by atoms with E-state index in [1.54, 1.807) is 0 Å². The van der Waals surface area contributed by atoms with Gasteiger partial charge >= 0.3 is 0 Å². The topological polar surface area (TPSA) is 97.1 Å². The number of thiazole rings is 1. The van der Waals surface area contributed by atoms with Crippen LogP contribution < -0.4 is 16.4 Å². The summed E-state index contributed by atoms with van der Waals surface area (Å²) in [6.07, 6.45) is 0. The number of benzene rings is 1. The molecule has 7 heteroatoms. The number of nitrogens with one attached hydrogen (secondary N) is 2. The Balaban J connectivity index is 1.99. The fraction of sp³-hybridized carbons (Fsp3) is 0.421. The maximum Gasteiger partial charge on any atom is 0.245 e. The first-order valence-corrected chi connectivity index (χ1v) is 9.44. The molecule has 4 N–H and O–H groups in total. The molecule has 2 rings (SSSR count). The first kappa shape index (κ1) is 20.1. The van der Waals surface area contributed by atoms with E-state index in [9.17, 15) is 9.59 Å². The molecule has 140 valence electrons. The molecule has 0 saturated carbocycles. The summed E-state index contributed by atoms with van der Waals surface area (Å²) in [5.41, 5.74) is 11.2. The summed E-state index contributed by atoms with van der Waals surface area (Å²) in [5.74, 6) is -0.645. The number of anilines is 1. The second-order valence-corrected chi connectivity index (χ2v) is 7.68. The number of carbonyl (C=O) groups excluding carboxylic acids is 2. The van der Waals surface area contributed by atoms with E-state index in [1.807, 2.05) is 26.2 Å². The van der Waals surface area contributed by atoms with Gasteiger partial charge in [0.1, 0.15) is 0 Å². The normalized spacial score (nSPS) is 12.1. The summed E-state index contributed by atoms with van der Waals surface area (Å²) >= 11 is 1.36. The molecule has 0 bridgehead atoms. The van der Waals surface area contributed by atoms with Gasteiger partial charge in [-0.15, -0.1) is 11.3 Å². The minimum atomic E-state index is -0.623. The molecule has 26 heavy (non-hydrogen) atoms.